The van der Waals surface area contributed by atoms with E-state index >= 15 is 0 Å². The lowest BCUT2D eigenvalue weighted by atomic mass is 10.1. The molecule has 0 bridgehead atoms. The van der Waals surface area contributed by atoms with E-state index in [1.54, 1.807) is 14.0 Å². The number of ether oxygens (including phenoxy) is 2. The van der Waals surface area contributed by atoms with E-state index < -0.39 is 11.5 Å². The van der Waals surface area contributed by atoms with Crippen molar-refractivity contribution in [3.63, 3.8) is 0 Å². The first-order chi connectivity index (χ1) is 11.9. The minimum atomic E-state index is -0.681. The van der Waals surface area contributed by atoms with E-state index in [2.05, 4.69) is 4.98 Å². The highest BCUT2D eigenvalue weighted by atomic mass is 32.1. The van der Waals surface area contributed by atoms with Crippen molar-refractivity contribution in [3.05, 3.63) is 51.9 Å². The molecule has 0 saturated carbocycles. The van der Waals surface area contributed by atoms with E-state index in [0.29, 0.717) is 5.95 Å². The molecule has 0 N–H and O–H groups in total. The zero-order chi connectivity index (χ0) is 18.6. The molecule has 0 saturated heterocycles. The molecule has 2 aromatic rings. The Morgan fingerprint density at radius 2 is 1.92 bits per heavy atom. The molecule has 1 atom stereocenters. The molecule has 142 valence electrons. The van der Waals surface area contributed by atoms with Gasteiger partial charge in [-0.15, -0.1) is 0 Å². The molecule has 0 fully saturated rings. The predicted octanol–water partition coefficient (Wildman–Crippen LogP) is 2.28. The van der Waals surface area contributed by atoms with Gasteiger partial charge in [0.05, 0.1) is 19.8 Å². The topological polar surface area (TPSA) is 73.7 Å². The van der Waals surface area contributed by atoms with Crippen LogP contribution in [0.4, 0.5) is 5.95 Å². The van der Waals surface area contributed by atoms with Crippen LogP contribution in [0.3, 0.4) is 0 Å². The summed E-state index contributed by atoms with van der Waals surface area (Å²) in [6.07, 6.45) is 0. The van der Waals surface area contributed by atoms with Crippen molar-refractivity contribution >= 4 is 25.4 Å². The van der Waals surface area contributed by atoms with Crippen molar-refractivity contribution in [3.8, 4) is 5.75 Å². The molecule has 1 aromatic carbocycles. The van der Waals surface area contributed by atoms with Gasteiger partial charge < -0.3 is 14.4 Å². The van der Waals surface area contributed by atoms with Crippen molar-refractivity contribution in [2.45, 2.75) is 19.9 Å². The van der Waals surface area contributed by atoms with Crippen LogP contribution >= 0.6 is 13.5 Å². The maximum Gasteiger partial charge on any atom is 0.361 e. The summed E-state index contributed by atoms with van der Waals surface area (Å²) in [6, 6.07) is 9.78. The number of carbonyl (C=O) groups is 1. The maximum absolute atomic E-state index is 12.6. The molecule has 0 aliphatic heterocycles. The van der Waals surface area contributed by atoms with Crippen LogP contribution in [0.15, 0.2) is 35.1 Å². The predicted molar refractivity (Wildman–Crippen MR) is 106 cm³/mol. The third-order valence-electron chi connectivity index (χ3n) is 4.08. The number of anilines is 1. The fraction of sp³-hybridized carbons (Fsp3) is 0.389. The van der Waals surface area contributed by atoms with Gasteiger partial charge in [-0.2, -0.15) is 13.5 Å². The lowest BCUT2D eigenvalue weighted by Crippen LogP contribution is -2.33. The van der Waals surface area contributed by atoms with E-state index in [1.807, 2.05) is 49.2 Å². The fourth-order valence-electron chi connectivity index (χ4n) is 2.54. The number of rotatable bonds is 6. The summed E-state index contributed by atoms with van der Waals surface area (Å²) < 4.78 is 11.4. The lowest BCUT2D eigenvalue weighted by Gasteiger charge is -2.28. The number of aromatic nitrogens is 2. The van der Waals surface area contributed by atoms with Crippen LogP contribution in [0.5, 0.6) is 5.75 Å². The van der Waals surface area contributed by atoms with Gasteiger partial charge >= 0.3 is 5.97 Å². The van der Waals surface area contributed by atoms with E-state index in [9.17, 15) is 9.59 Å². The minimum Gasteiger partial charge on any atom is -0.489 e. The van der Waals surface area contributed by atoms with Crippen molar-refractivity contribution < 1.29 is 14.3 Å². The first-order valence-electron chi connectivity index (χ1n) is 8.02. The van der Waals surface area contributed by atoms with Crippen LogP contribution in [0.2, 0.25) is 0 Å². The van der Waals surface area contributed by atoms with Gasteiger partial charge in [-0.1, -0.05) is 30.3 Å². The van der Waals surface area contributed by atoms with Gasteiger partial charge in [0, 0.05) is 14.1 Å². The Balaban J connectivity index is 0.00000338. The van der Waals surface area contributed by atoms with Gasteiger partial charge in [-0.25, -0.2) is 9.78 Å². The standard InChI is InChI=1S/C18H23N3O4.H2S/c1-6-25-17(23)14-15(24-5)16(22)21(4)18(19-14)20(3)12(2)13-10-8-7-9-11-13;/h7-12H,6H2,1-5H3;1H2/t12-;/m0./s1. The summed E-state index contributed by atoms with van der Waals surface area (Å²) in [5, 5.41) is 0. The molecule has 26 heavy (non-hydrogen) atoms. The first-order valence-corrected chi connectivity index (χ1v) is 8.02. The highest BCUT2D eigenvalue weighted by Crippen LogP contribution is 2.24. The average molecular weight is 379 g/mol. The summed E-state index contributed by atoms with van der Waals surface area (Å²) >= 11 is 0. The Hall–Kier alpha value is -2.48. The molecular formula is C18H25N3O4S. The molecule has 0 spiro atoms. The van der Waals surface area contributed by atoms with E-state index in [1.165, 1.54) is 11.7 Å². The van der Waals surface area contributed by atoms with Crippen LogP contribution in [0, 0.1) is 0 Å². The van der Waals surface area contributed by atoms with Gasteiger partial charge in [0.25, 0.3) is 5.56 Å². The molecule has 0 radical (unpaired) electrons. The highest BCUT2D eigenvalue weighted by molar-refractivity contribution is 7.59. The second kappa shape index (κ2) is 9.28. The number of nitrogens with zero attached hydrogens (tertiary/aromatic N) is 3. The quantitative estimate of drug-likeness (QED) is 0.717. The molecule has 1 heterocycles. The zero-order valence-electron chi connectivity index (χ0n) is 15.6. The molecule has 7 nitrogen and oxygen atoms in total. The molecule has 1 aromatic heterocycles. The number of hydrogen-bond donors (Lipinski definition) is 0. The van der Waals surface area contributed by atoms with E-state index in [0.717, 1.165) is 5.56 Å². The Morgan fingerprint density at radius 1 is 1.31 bits per heavy atom. The van der Waals surface area contributed by atoms with Crippen LogP contribution in [-0.2, 0) is 11.8 Å². The minimum absolute atomic E-state index is 0. The van der Waals surface area contributed by atoms with Gasteiger partial charge in [0.1, 0.15) is 0 Å². The summed E-state index contributed by atoms with van der Waals surface area (Å²) in [4.78, 5) is 30.9. The van der Waals surface area contributed by atoms with Gasteiger partial charge in [-0.3, -0.25) is 9.36 Å². The Labute approximate surface area is 160 Å². The zero-order valence-corrected chi connectivity index (χ0v) is 16.6. The van der Waals surface area contributed by atoms with Gasteiger partial charge in [0.15, 0.2) is 5.69 Å². The number of hydrogen-bond acceptors (Lipinski definition) is 6. The van der Waals surface area contributed by atoms with E-state index in [4.69, 9.17) is 9.47 Å². The fourth-order valence-corrected chi connectivity index (χ4v) is 2.54. The highest BCUT2D eigenvalue weighted by Gasteiger charge is 2.25. The van der Waals surface area contributed by atoms with Crippen molar-refractivity contribution in [1.29, 1.82) is 0 Å². The monoisotopic (exact) mass is 379 g/mol. The Kier molecular flexibility index (Phi) is 7.70. The van der Waals surface area contributed by atoms with E-state index in [-0.39, 0.29) is 37.6 Å². The summed E-state index contributed by atoms with van der Waals surface area (Å²) in [6.45, 7) is 3.87. The van der Waals surface area contributed by atoms with Crippen LogP contribution in [0.25, 0.3) is 0 Å². The molecule has 0 amide bonds. The second-order valence-corrected chi connectivity index (χ2v) is 5.58. The summed E-state index contributed by atoms with van der Waals surface area (Å²) in [5.41, 5.74) is 0.505. The third-order valence-corrected chi connectivity index (χ3v) is 4.08. The average Bonchev–Trinajstić information content (AvgIpc) is 2.63. The van der Waals surface area contributed by atoms with Crippen LogP contribution in [-0.4, -0.2) is 36.3 Å². The van der Waals surface area contributed by atoms with Gasteiger partial charge in [-0.05, 0) is 19.4 Å². The first kappa shape index (κ1) is 21.6. The van der Waals surface area contributed by atoms with Crippen LogP contribution < -0.4 is 15.2 Å². The summed E-state index contributed by atoms with van der Waals surface area (Å²) in [7, 11) is 4.74. The van der Waals surface area contributed by atoms with Gasteiger partial charge in [0.2, 0.25) is 11.7 Å². The number of esters is 1. The largest absolute Gasteiger partial charge is 0.489 e. The Bertz CT molecular complexity index is 808. The Morgan fingerprint density at radius 3 is 2.46 bits per heavy atom. The normalized spacial score (nSPS) is 11.3. The second-order valence-electron chi connectivity index (χ2n) is 5.58. The number of carbonyl (C=O) groups excluding carboxylic acids is 1. The SMILES string of the molecule is CCOC(=O)c1nc(N(C)[C@@H](C)c2ccccc2)n(C)c(=O)c1OC.S. The third kappa shape index (κ3) is 4.19. The molecule has 0 unspecified atom stereocenters. The smallest absolute Gasteiger partial charge is 0.361 e. The number of benzene rings is 1. The van der Waals surface area contributed by atoms with Crippen LogP contribution in [0.1, 0.15) is 35.9 Å². The van der Waals surface area contributed by atoms with Crippen molar-refractivity contribution in [2.24, 2.45) is 7.05 Å². The lowest BCUT2D eigenvalue weighted by molar-refractivity contribution is 0.0514. The van der Waals surface area contributed by atoms with Crippen molar-refractivity contribution in [1.82, 2.24) is 9.55 Å². The molecule has 2 rings (SSSR count). The summed E-state index contributed by atoms with van der Waals surface area (Å²) in [5.74, 6) is -0.449. The maximum atomic E-state index is 12.6. The molecular weight excluding hydrogens is 354 g/mol. The molecule has 8 heteroatoms. The van der Waals surface area contributed by atoms with Crippen molar-refractivity contribution in [2.75, 3.05) is 25.7 Å². The number of methoxy groups -OCH3 is 1. The molecule has 0 aliphatic rings. The molecule has 0 aliphatic carbocycles.